The molecule has 1 saturated heterocycles. The Morgan fingerprint density at radius 3 is 2.76 bits per heavy atom. The van der Waals surface area contributed by atoms with Gasteiger partial charge in [-0.1, -0.05) is 19.1 Å². The number of rotatable bonds is 8. The van der Waals surface area contributed by atoms with Gasteiger partial charge in [-0.05, 0) is 60.6 Å². The molecule has 200 valence electrons. The number of ether oxygens (including phenoxy) is 2. The van der Waals surface area contributed by atoms with E-state index >= 15 is 0 Å². The third-order valence-corrected chi connectivity index (χ3v) is 7.56. The Balaban J connectivity index is 0.00000353. The van der Waals surface area contributed by atoms with E-state index in [1.165, 1.54) is 5.57 Å². The molecule has 2 aliphatic rings. The van der Waals surface area contributed by atoms with Gasteiger partial charge >= 0.3 is 6.03 Å². The highest BCUT2D eigenvalue weighted by Crippen LogP contribution is 2.34. The third kappa shape index (κ3) is 5.39. The summed E-state index contributed by atoms with van der Waals surface area (Å²) in [7, 11) is 1.68. The lowest BCUT2D eigenvalue weighted by atomic mass is 9.98. The van der Waals surface area contributed by atoms with Crippen molar-refractivity contribution in [3.05, 3.63) is 53.9 Å². The number of carbonyl (C=O) groups excluding carboxylic acids is 1. The summed E-state index contributed by atoms with van der Waals surface area (Å²) in [6.45, 7) is 5.77. The molecular formula is C30H37N5O3. The maximum absolute atomic E-state index is 12.8. The van der Waals surface area contributed by atoms with Crippen molar-refractivity contribution in [2.75, 3.05) is 39.9 Å². The summed E-state index contributed by atoms with van der Waals surface area (Å²) >= 11 is 0. The number of carbonyl (C=O) groups is 1. The largest absolute Gasteiger partial charge is 0.489 e. The lowest BCUT2D eigenvalue weighted by Gasteiger charge is -2.30. The summed E-state index contributed by atoms with van der Waals surface area (Å²) in [5, 5.41) is 10.8. The number of likely N-dealkylation sites (tertiary alicyclic amines) is 1. The zero-order valence-corrected chi connectivity index (χ0v) is 22.2. The summed E-state index contributed by atoms with van der Waals surface area (Å²) in [5.41, 5.74) is 5.51. The van der Waals surface area contributed by atoms with E-state index in [1.54, 1.807) is 7.11 Å². The fourth-order valence-corrected chi connectivity index (χ4v) is 5.29. The molecule has 0 bridgehead atoms. The van der Waals surface area contributed by atoms with Gasteiger partial charge in [-0.3, -0.25) is 0 Å². The summed E-state index contributed by atoms with van der Waals surface area (Å²) in [6, 6.07) is 10.4. The SMILES string of the molecule is CCC(CCOC)Oc1ccc(-c2c[nH]c3ncc(C4=CCN(C(=O)N5CCCC5)CC4)cc23)cc1C#N.[HH]. The van der Waals surface area contributed by atoms with Crippen LogP contribution in [0.1, 0.15) is 51.6 Å². The Morgan fingerprint density at radius 2 is 2.05 bits per heavy atom. The Morgan fingerprint density at radius 1 is 1.21 bits per heavy atom. The van der Waals surface area contributed by atoms with Crippen LogP contribution in [0.3, 0.4) is 0 Å². The molecule has 1 fully saturated rings. The second kappa shape index (κ2) is 11.7. The van der Waals surface area contributed by atoms with Crippen LogP contribution in [0, 0.1) is 11.3 Å². The van der Waals surface area contributed by atoms with E-state index in [4.69, 9.17) is 9.47 Å². The van der Waals surface area contributed by atoms with E-state index < -0.39 is 0 Å². The molecule has 1 atom stereocenters. The number of hydrogen-bond donors (Lipinski definition) is 1. The maximum atomic E-state index is 12.8. The number of aromatic nitrogens is 2. The molecule has 38 heavy (non-hydrogen) atoms. The number of methoxy groups -OCH3 is 1. The molecule has 2 aliphatic heterocycles. The zero-order chi connectivity index (χ0) is 26.5. The Labute approximate surface area is 225 Å². The van der Waals surface area contributed by atoms with Gasteiger partial charge in [0.05, 0.1) is 5.56 Å². The van der Waals surface area contributed by atoms with E-state index in [9.17, 15) is 10.1 Å². The molecule has 1 unspecified atom stereocenters. The van der Waals surface area contributed by atoms with Gasteiger partial charge in [0.2, 0.25) is 0 Å². The monoisotopic (exact) mass is 515 g/mol. The van der Waals surface area contributed by atoms with Crippen LogP contribution >= 0.6 is 0 Å². The number of benzene rings is 1. The fraction of sp³-hybridized carbons (Fsp3) is 0.433. The first kappa shape index (κ1) is 25.8. The predicted molar refractivity (Wildman–Crippen MR) is 150 cm³/mol. The number of amides is 2. The topological polar surface area (TPSA) is 94.5 Å². The molecule has 3 aromatic rings. The molecule has 5 rings (SSSR count). The van der Waals surface area contributed by atoms with E-state index in [0.717, 1.165) is 79.5 Å². The Bertz CT molecular complexity index is 1370. The first-order valence-electron chi connectivity index (χ1n) is 13.5. The summed E-state index contributed by atoms with van der Waals surface area (Å²) in [5.74, 6) is 0.596. The average Bonchev–Trinajstić information content (AvgIpc) is 3.65. The fourth-order valence-electron chi connectivity index (χ4n) is 5.29. The van der Waals surface area contributed by atoms with Gasteiger partial charge in [-0.15, -0.1) is 0 Å². The second-order valence-corrected chi connectivity index (χ2v) is 9.98. The number of urea groups is 1. The number of pyridine rings is 1. The molecule has 0 saturated carbocycles. The molecule has 0 aliphatic carbocycles. The van der Waals surface area contributed by atoms with Crippen LogP contribution < -0.4 is 4.74 Å². The first-order chi connectivity index (χ1) is 18.6. The van der Waals surface area contributed by atoms with Crippen molar-refractivity contribution in [2.24, 2.45) is 0 Å². The number of fused-ring (bicyclic) bond motifs is 1. The van der Waals surface area contributed by atoms with Crippen molar-refractivity contribution in [1.82, 2.24) is 19.8 Å². The van der Waals surface area contributed by atoms with Gasteiger partial charge < -0.3 is 24.3 Å². The molecule has 0 spiro atoms. The molecule has 2 amide bonds. The highest BCUT2D eigenvalue weighted by molar-refractivity contribution is 5.95. The lowest BCUT2D eigenvalue weighted by molar-refractivity contribution is 0.123. The van der Waals surface area contributed by atoms with Crippen LogP contribution in [0.25, 0.3) is 27.7 Å². The molecular weight excluding hydrogens is 478 g/mol. The maximum Gasteiger partial charge on any atom is 0.320 e. The molecule has 0 radical (unpaired) electrons. The van der Waals surface area contributed by atoms with Gasteiger partial charge in [0.15, 0.2) is 0 Å². The number of aromatic amines is 1. The van der Waals surface area contributed by atoms with Gasteiger partial charge in [-0.25, -0.2) is 9.78 Å². The highest BCUT2D eigenvalue weighted by Gasteiger charge is 2.25. The van der Waals surface area contributed by atoms with Crippen molar-refractivity contribution in [3.8, 4) is 22.9 Å². The predicted octanol–water partition coefficient (Wildman–Crippen LogP) is 5.85. The molecule has 8 heteroatoms. The second-order valence-electron chi connectivity index (χ2n) is 9.98. The zero-order valence-electron chi connectivity index (χ0n) is 22.2. The minimum atomic E-state index is -0.00177. The van der Waals surface area contributed by atoms with Crippen LogP contribution in [0.15, 0.2) is 42.7 Å². The molecule has 1 N–H and O–H groups in total. The summed E-state index contributed by atoms with van der Waals surface area (Å²) in [4.78, 5) is 24.6. The molecule has 1 aromatic carbocycles. The minimum Gasteiger partial charge on any atom is -0.489 e. The van der Waals surface area contributed by atoms with E-state index in [0.29, 0.717) is 24.5 Å². The van der Waals surface area contributed by atoms with E-state index in [1.807, 2.05) is 40.4 Å². The van der Waals surface area contributed by atoms with Crippen molar-refractivity contribution in [2.45, 2.75) is 45.1 Å². The van der Waals surface area contributed by atoms with Gasteiger partial charge in [0, 0.05) is 71.1 Å². The van der Waals surface area contributed by atoms with Crippen LogP contribution in [-0.2, 0) is 4.74 Å². The summed E-state index contributed by atoms with van der Waals surface area (Å²) < 4.78 is 11.3. The number of nitrogens with zero attached hydrogens (tertiary/aromatic N) is 4. The van der Waals surface area contributed by atoms with Crippen molar-refractivity contribution < 1.29 is 15.7 Å². The number of H-pyrrole nitrogens is 1. The molecule has 2 aromatic heterocycles. The van der Waals surface area contributed by atoms with E-state index in [2.05, 4.69) is 35.1 Å². The quantitative estimate of drug-likeness (QED) is 0.406. The number of hydrogen-bond acceptors (Lipinski definition) is 5. The Hall–Kier alpha value is -3.83. The number of nitrogens with one attached hydrogen (secondary N) is 1. The molecule has 4 heterocycles. The first-order valence-corrected chi connectivity index (χ1v) is 13.5. The Kier molecular flexibility index (Phi) is 7.94. The van der Waals surface area contributed by atoms with Gasteiger partial charge in [-0.2, -0.15) is 5.26 Å². The average molecular weight is 516 g/mol. The number of nitriles is 1. The highest BCUT2D eigenvalue weighted by atomic mass is 16.5. The lowest BCUT2D eigenvalue weighted by Crippen LogP contribution is -2.43. The van der Waals surface area contributed by atoms with Crippen molar-refractivity contribution in [3.63, 3.8) is 0 Å². The van der Waals surface area contributed by atoms with Crippen molar-refractivity contribution in [1.29, 1.82) is 5.26 Å². The third-order valence-electron chi connectivity index (χ3n) is 7.56. The minimum absolute atomic E-state index is 0. The smallest absolute Gasteiger partial charge is 0.320 e. The van der Waals surface area contributed by atoms with Gasteiger partial charge in [0.25, 0.3) is 0 Å². The van der Waals surface area contributed by atoms with Crippen LogP contribution in [0.5, 0.6) is 5.75 Å². The normalized spacial score (nSPS) is 16.4. The standard InChI is InChI=1S/C30H35N5O3.H2/c1-3-25(10-15-37-2)38-28-7-6-22(16-23(28)18-31)27-20-33-29-26(27)17-24(19-32-29)21-8-13-35(14-9-21)30(36)34-11-4-5-12-34;/h6-8,16-17,19-20,25H,3-5,9-15H2,1-2H3,(H,32,33);1H. The van der Waals surface area contributed by atoms with Gasteiger partial charge in [0.1, 0.15) is 23.6 Å². The van der Waals surface area contributed by atoms with Crippen molar-refractivity contribution >= 4 is 22.6 Å². The van der Waals surface area contributed by atoms with Crippen LogP contribution in [0.4, 0.5) is 4.79 Å². The van der Waals surface area contributed by atoms with Crippen LogP contribution in [0.2, 0.25) is 0 Å². The van der Waals surface area contributed by atoms with Crippen LogP contribution in [-0.4, -0.2) is 71.8 Å². The molecule has 8 nitrogen and oxygen atoms in total. The van der Waals surface area contributed by atoms with E-state index in [-0.39, 0.29) is 13.6 Å². The summed E-state index contributed by atoms with van der Waals surface area (Å²) in [6.07, 6.45) is 10.6.